The highest BCUT2D eigenvalue weighted by Gasteiger charge is 2.40. The van der Waals surface area contributed by atoms with Crippen LogP contribution in [-0.2, 0) is 9.59 Å². The number of hydrogen-bond donors (Lipinski definition) is 1. The fraction of sp³-hybridized carbons (Fsp3) is 0.118. The first-order chi connectivity index (χ1) is 11.5. The van der Waals surface area contributed by atoms with E-state index in [4.69, 9.17) is 5.73 Å². The van der Waals surface area contributed by atoms with Crippen molar-refractivity contribution >= 4 is 40.1 Å². The van der Waals surface area contributed by atoms with Gasteiger partial charge in [-0.2, -0.15) is 0 Å². The molecule has 0 unspecified atom stereocenters. The second-order valence-corrected chi connectivity index (χ2v) is 6.36. The molecule has 7 heteroatoms. The molecule has 1 aliphatic rings. The first-order valence-electron chi connectivity index (χ1n) is 7.23. The highest BCUT2D eigenvalue weighted by Crippen LogP contribution is 2.30. The van der Waals surface area contributed by atoms with Crippen LogP contribution in [0.5, 0.6) is 0 Å². The van der Waals surface area contributed by atoms with Gasteiger partial charge in [0.25, 0.3) is 0 Å². The lowest BCUT2D eigenvalue weighted by molar-refractivity contribution is -0.121. The van der Waals surface area contributed by atoms with Crippen LogP contribution in [0.15, 0.2) is 59.6 Å². The molecule has 0 radical (unpaired) electrons. The largest absolute Gasteiger partial charge is 0.378 e. The van der Waals surface area contributed by atoms with Gasteiger partial charge in [0.15, 0.2) is 5.17 Å². The molecule has 1 fully saturated rings. The maximum atomic E-state index is 13.0. The van der Waals surface area contributed by atoms with Gasteiger partial charge in [0.05, 0.1) is 11.4 Å². The number of para-hydroxylation sites is 1. The molecule has 2 N–H and O–H groups in total. The molecule has 0 aliphatic carbocycles. The Kier molecular flexibility index (Phi) is 4.61. The summed E-state index contributed by atoms with van der Waals surface area (Å²) in [5.41, 5.74) is 6.91. The molecule has 0 bridgehead atoms. The molecule has 24 heavy (non-hydrogen) atoms. The van der Waals surface area contributed by atoms with Crippen LogP contribution in [0.4, 0.5) is 15.8 Å². The molecule has 3 rings (SSSR count). The standard InChI is InChI=1S/C17H14FN3O2S/c18-11-6-8-13(9-7-11)21-15(22)10-14(16(21)23)24-17(19)20-12-4-2-1-3-5-12/h1-9,14H,10H2,(H2,19,20)/t14-/m0/s1. The van der Waals surface area contributed by atoms with Gasteiger partial charge in [-0.05, 0) is 36.4 Å². The summed E-state index contributed by atoms with van der Waals surface area (Å²) in [4.78, 5) is 29.9. The number of nitrogens with two attached hydrogens (primary N) is 1. The van der Waals surface area contributed by atoms with Crippen molar-refractivity contribution in [1.82, 2.24) is 0 Å². The molecular weight excluding hydrogens is 329 g/mol. The molecule has 1 heterocycles. The molecule has 1 atom stereocenters. The molecule has 1 saturated heterocycles. The summed E-state index contributed by atoms with van der Waals surface area (Å²) in [6.45, 7) is 0. The zero-order chi connectivity index (χ0) is 17.1. The Morgan fingerprint density at radius 2 is 1.79 bits per heavy atom. The van der Waals surface area contributed by atoms with Crippen LogP contribution in [0.25, 0.3) is 0 Å². The van der Waals surface area contributed by atoms with E-state index in [1.807, 2.05) is 18.2 Å². The second kappa shape index (κ2) is 6.84. The smallest absolute Gasteiger partial charge is 0.247 e. The number of amidine groups is 1. The van der Waals surface area contributed by atoms with Crippen molar-refractivity contribution in [3.8, 4) is 0 Å². The number of aliphatic imine (C=N–C) groups is 1. The maximum absolute atomic E-state index is 13.0. The number of carbonyl (C=O) groups excluding carboxylic acids is 2. The minimum Gasteiger partial charge on any atom is -0.378 e. The predicted octanol–water partition coefficient (Wildman–Crippen LogP) is 2.84. The average Bonchev–Trinajstić information content (AvgIpc) is 2.83. The Morgan fingerprint density at radius 1 is 1.12 bits per heavy atom. The van der Waals surface area contributed by atoms with Crippen molar-refractivity contribution in [2.24, 2.45) is 10.7 Å². The summed E-state index contributed by atoms with van der Waals surface area (Å²) < 4.78 is 13.0. The van der Waals surface area contributed by atoms with Gasteiger partial charge in [-0.15, -0.1) is 0 Å². The predicted molar refractivity (Wildman–Crippen MR) is 92.6 cm³/mol. The number of amides is 2. The van der Waals surface area contributed by atoms with Crippen molar-refractivity contribution in [3.63, 3.8) is 0 Å². The quantitative estimate of drug-likeness (QED) is 0.528. The molecular formula is C17H14FN3O2S. The van der Waals surface area contributed by atoms with Crippen LogP contribution in [0.1, 0.15) is 6.42 Å². The molecule has 0 spiro atoms. The summed E-state index contributed by atoms with van der Waals surface area (Å²) in [7, 11) is 0. The highest BCUT2D eigenvalue weighted by atomic mass is 32.2. The van der Waals surface area contributed by atoms with Crippen molar-refractivity contribution in [1.29, 1.82) is 0 Å². The van der Waals surface area contributed by atoms with E-state index in [2.05, 4.69) is 4.99 Å². The van der Waals surface area contributed by atoms with Crippen LogP contribution >= 0.6 is 11.8 Å². The zero-order valence-corrected chi connectivity index (χ0v) is 13.4. The Balaban J connectivity index is 1.74. The molecule has 0 saturated carbocycles. The number of carbonyl (C=O) groups is 2. The average molecular weight is 343 g/mol. The Hall–Kier alpha value is -2.67. The van der Waals surface area contributed by atoms with Crippen LogP contribution in [-0.4, -0.2) is 22.2 Å². The minimum absolute atomic E-state index is 0.0336. The molecule has 5 nitrogen and oxygen atoms in total. The number of thioether (sulfide) groups is 1. The van der Waals surface area contributed by atoms with Gasteiger partial charge in [0.1, 0.15) is 11.1 Å². The normalized spacial score (nSPS) is 18.3. The van der Waals surface area contributed by atoms with E-state index in [1.54, 1.807) is 12.1 Å². The van der Waals surface area contributed by atoms with Crippen LogP contribution in [0, 0.1) is 5.82 Å². The lowest BCUT2D eigenvalue weighted by Gasteiger charge is -2.14. The van der Waals surface area contributed by atoms with Gasteiger partial charge >= 0.3 is 0 Å². The summed E-state index contributed by atoms with van der Waals surface area (Å²) in [6, 6.07) is 14.3. The first-order valence-corrected chi connectivity index (χ1v) is 8.11. The number of hydrogen-bond acceptors (Lipinski definition) is 4. The fourth-order valence-electron chi connectivity index (χ4n) is 2.36. The Bertz CT molecular complexity index is 793. The number of imide groups is 1. The van der Waals surface area contributed by atoms with E-state index in [0.717, 1.165) is 16.7 Å². The van der Waals surface area contributed by atoms with Gasteiger partial charge in [-0.1, -0.05) is 30.0 Å². The maximum Gasteiger partial charge on any atom is 0.247 e. The molecule has 2 aromatic carbocycles. The Morgan fingerprint density at radius 3 is 2.46 bits per heavy atom. The molecule has 1 aliphatic heterocycles. The molecule has 2 aromatic rings. The van der Waals surface area contributed by atoms with Crippen LogP contribution in [0.2, 0.25) is 0 Å². The summed E-state index contributed by atoms with van der Waals surface area (Å²) in [5.74, 6) is -1.14. The van der Waals surface area contributed by atoms with E-state index in [9.17, 15) is 14.0 Å². The minimum atomic E-state index is -0.630. The first kappa shape index (κ1) is 16.2. The fourth-order valence-corrected chi connectivity index (χ4v) is 3.24. The lowest BCUT2D eigenvalue weighted by Crippen LogP contribution is -2.31. The van der Waals surface area contributed by atoms with Gasteiger partial charge in [0, 0.05) is 6.42 Å². The summed E-state index contributed by atoms with van der Waals surface area (Å²) in [5, 5.41) is -0.414. The number of anilines is 1. The zero-order valence-electron chi connectivity index (χ0n) is 12.6. The number of benzene rings is 2. The van der Waals surface area contributed by atoms with Crippen LogP contribution in [0.3, 0.4) is 0 Å². The molecule has 0 aromatic heterocycles. The van der Waals surface area contributed by atoms with Crippen molar-refractivity contribution in [2.75, 3.05) is 4.90 Å². The van der Waals surface area contributed by atoms with Gasteiger partial charge < -0.3 is 5.73 Å². The van der Waals surface area contributed by atoms with E-state index >= 15 is 0 Å². The third-order valence-corrected chi connectivity index (χ3v) is 4.43. The van der Waals surface area contributed by atoms with E-state index in [0.29, 0.717) is 11.4 Å². The van der Waals surface area contributed by atoms with Crippen molar-refractivity contribution < 1.29 is 14.0 Å². The van der Waals surface area contributed by atoms with E-state index in [-0.39, 0.29) is 23.4 Å². The lowest BCUT2D eigenvalue weighted by atomic mass is 10.3. The van der Waals surface area contributed by atoms with Gasteiger partial charge in [0.2, 0.25) is 11.8 Å². The van der Waals surface area contributed by atoms with E-state index in [1.165, 1.54) is 24.3 Å². The SMILES string of the molecule is NC(=Nc1ccccc1)S[C@H]1CC(=O)N(c2ccc(F)cc2)C1=O. The summed E-state index contributed by atoms with van der Waals surface area (Å²) >= 11 is 1.06. The topological polar surface area (TPSA) is 75.8 Å². The van der Waals surface area contributed by atoms with Crippen molar-refractivity contribution in [2.45, 2.75) is 11.7 Å². The number of rotatable bonds is 3. The summed E-state index contributed by atoms with van der Waals surface area (Å²) in [6.07, 6.45) is 0.0336. The number of halogens is 1. The van der Waals surface area contributed by atoms with Crippen molar-refractivity contribution in [3.05, 3.63) is 60.4 Å². The molecule has 122 valence electrons. The second-order valence-electron chi connectivity index (χ2n) is 5.14. The molecule has 2 amide bonds. The van der Waals surface area contributed by atoms with Gasteiger partial charge in [-0.25, -0.2) is 14.3 Å². The van der Waals surface area contributed by atoms with Crippen LogP contribution < -0.4 is 10.6 Å². The Labute approximate surface area is 142 Å². The highest BCUT2D eigenvalue weighted by molar-refractivity contribution is 8.15. The third-order valence-electron chi connectivity index (χ3n) is 3.45. The van der Waals surface area contributed by atoms with Gasteiger partial charge in [-0.3, -0.25) is 9.59 Å². The third kappa shape index (κ3) is 3.46. The van der Waals surface area contributed by atoms with E-state index < -0.39 is 11.1 Å². The number of nitrogens with zero attached hydrogens (tertiary/aromatic N) is 2. The monoisotopic (exact) mass is 343 g/mol.